The first kappa shape index (κ1) is 23.6. The molecule has 11 heteroatoms. The van der Waals surface area contributed by atoms with Gasteiger partial charge in [-0.15, -0.1) is 0 Å². The number of thiocarbonyl (C=S) groups is 1. The van der Waals surface area contributed by atoms with E-state index in [0.717, 1.165) is 12.1 Å². The molecular weight excluding hydrogens is 514 g/mol. The van der Waals surface area contributed by atoms with E-state index in [-0.39, 0.29) is 17.4 Å². The zero-order valence-corrected chi connectivity index (χ0v) is 20.6. The Morgan fingerprint density at radius 3 is 2.56 bits per heavy atom. The van der Waals surface area contributed by atoms with Gasteiger partial charge in [0.25, 0.3) is 11.5 Å². The summed E-state index contributed by atoms with van der Waals surface area (Å²) in [6.45, 7) is 1.93. The Labute approximate surface area is 210 Å². The first-order valence-corrected chi connectivity index (χ1v) is 11.9. The van der Waals surface area contributed by atoms with Crippen LogP contribution < -0.4 is 16.2 Å². The molecule has 1 saturated heterocycles. The standard InChI is InChI=1S/C21H20Cl4N4O2S/c22-15-4-1-3-13(8-15)18(31)26-19(21(23,24)25)27-20(32)28-9-12-7-14(11-28)16-5-2-6-17(30)29(16)10-12/h1-6,8,12,14,19H,7,9-11H2,(H,26,31)(H,27,32)/t12-,14-,19+/m0/s1. The number of halogens is 4. The van der Waals surface area contributed by atoms with Gasteiger partial charge in [0.15, 0.2) is 5.11 Å². The second-order valence-electron chi connectivity index (χ2n) is 8.01. The number of rotatable bonds is 3. The van der Waals surface area contributed by atoms with Crippen molar-refractivity contribution in [2.24, 2.45) is 5.92 Å². The Morgan fingerprint density at radius 2 is 1.84 bits per heavy atom. The van der Waals surface area contributed by atoms with Crippen LogP contribution in [-0.2, 0) is 6.54 Å². The lowest BCUT2D eigenvalue weighted by molar-refractivity contribution is 0.0932. The third-order valence-corrected chi connectivity index (χ3v) is 6.99. The van der Waals surface area contributed by atoms with Gasteiger partial charge in [-0.05, 0) is 48.8 Å². The average Bonchev–Trinajstić information content (AvgIpc) is 2.73. The number of carbonyl (C=O) groups is 1. The van der Waals surface area contributed by atoms with Crippen molar-refractivity contribution in [1.82, 2.24) is 20.1 Å². The largest absolute Gasteiger partial charge is 0.348 e. The molecule has 0 aliphatic carbocycles. The molecule has 3 atom stereocenters. The van der Waals surface area contributed by atoms with Gasteiger partial charge < -0.3 is 20.1 Å². The molecule has 6 nitrogen and oxygen atoms in total. The summed E-state index contributed by atoms with van der Waals surface area (Å²) in [6, 6.07) is 11.8. The predicted octanol–water partition coefficient (Wildman–Crippen LogP) is 3.92. The molecule has 32 heavy (non-hydrogen) atoms. The van der Waals surface area contributed by atoms with Gasteiger partial charge in [0.2, 0.25) is 3.79 Å². The van der Waals surface area contributed by atoms with Crippen molar-refractivity contribution in [1.29, 1.82) is 0 Å². The molecule has 2 N–H and O–H groups in total. The summed E-state index contributed by atoms with van der Waals surface area (Å²) in [5, 5.41) is 6.47. The van der Waals surface area contributed by atoms with Crippen LogP contribution in [0.3, 0.4) is 0 Å². The molecule has 1 aromatic heterocycles. The number of hydrogen-bond donors (Lipinski definition) is 2. The van der Waals surface area contributed by atoms with Crippen LogP contribution >= 0.6 is 58.6 Å². The van der Waals surface area contributed by atoms with Crippen LogP contribution in [0.1, 0.15) is 28.4 Å². The van der Waals surface area contributed by atoms with Gasteiger partial charge in [-0.25, -0.2) is 0 Å². The van der Waals surface area contributed by atoms with Crippen molar-refractivity contribution >= 4 is 69.6 Å². The van der Waals surface area contributed by atoms with Gasteiger partial charge in [0.1, 0.15) is 6.17 Å². The maximum Gasteiger partial charge on any atom is 0.253 e. The van der Waals surface area contributed by atoms with Gasteiger partial charge in [0.05, 0.1) is 0 Å². The lowest BCUT2D eigenvalue weighted by atomic mass is 9.83. The Kier molecular flexibility index (Phi) is 6.94. The number of likely N-dealkylation sites (tertiary alicyclic amines) is 1. The van der Waals surface area contributed by atoms with Crippen molar-refractivity contribution in [2.45, 2.75) is 28.8 Å². The number of fused-ring (bicyclic) bond motifs is 4. The summed E-state index contributed by atoms with van der Waals surface area (Å²) < 4.78 is -0.00809. The number of aromatic nitrogens is 1. The Hall–Kier alpha value is -1.51. The fraction of sp³-hybridized carbons (Fsp3) is 0.381. The summed E-state index contributed by atoms with van der Waals surface area (Å²) in [4.78, 5) is 26.9. The van der Waals surface area contributed by atoms with Crippen molar-refractivity contribution in [3.05, 3.63) is 69.1 Å². The maximum atomic E-state index is 12.7. The van der Waals surface area contributed by atoms with Crippen molar-refractivity contribution in [3.63, 3.8) is 0 Å². The zero-order chi connectivity index (χ0) is 23.0. The Balaban J connectivity index is 1.47. The molecule has 4 rings (SSSR count). The molecule has 2 aliphatic heterocycles. The van der Waals surface area contributed by atoms with E-state index < -0.39 is 15.9 Å². The SMILES string of the molecule is O=C(N[C@H](NC(=S)N1C[C@@H]2C[C@@H](C1)c1cccc(=O)n1C2)C(Cl)(Cl)Cl)c1cccc(Cl)c1. The monoisotopic (exact) mass is 532 g/mol. The number of pyridine rings is 1. The normalized spacial score (nSPS) is 20.8. The molecular formula is C21H20Cl4N4O2S. The molecule has 1 amide bonds. The lowest BCUT2D eigenvalue weighted by Crippen LogP contribution is -2.60. The van der Waals surface area contributed by atoms with Crippen molar-refractivity contribution in [2.75, 3.05) is 13.1 Å². The fourth-order valence-electron chi connectivity index (χ4n) is 4.32. The third-order valence-electron chi connectivity index (χ3n) is 5.72. The van der Waals surface area contributed by atoms with E-state index in [1.807, 2.05) is 15.5 Å². The highest BCUT2D eigenvalue weighted by Gasteiger charge is 2.39. The number of carbonyl (C=O) groups excluding carboxylic acids is 1. The molecule has 0 radical (unpaired) electrons. The van der Waals surface area contributed by atoms with Gasteiger partial charge in [-0.2, -0.15) is 0 Å². The second-order valence-corrected chi connectivity index (χ2v) is 11.2. The van der Waals surface area contributed by atoms with Gasteiger partial charge in [0, 0.05) is 47.9 Å². The van der Waals surface area contributed by atoms with E-state index in [9.17, 15) is 9.59 Å². The zero-order valence-electron chi connectivity index (χ0n) is 16.7. The van der Waals surface area contributed by atoms with Gasteiger partial charge in [-0.1, -0.05) is 58.5 Å². The minimum Gasteiger partial charge on any atom is -0.348 e. The molecule has 2 bridgehead atoms. The van der Waals surface area contributed by atoms with Crippen molar-refractivity contribution in [3.8, 4) is 0 Å². The summed E-state index contributed by atoms with van der Waals surface area (Å²) in [5.41, 5.74) is 1.36. The molecule has 1 aromatic carbocycles. The predicted molar refractivity (Wildman–Crippen MR) is 132 cm³/mol. The highest BCUT2D eigenvalue weighted by molar-refractivity contribution is 7.80. The smallest absolute Gasteiger partial charge is 0.253 e. The molecule has 170 valence electrons. The number of nitrogens with one attached hydrogen (secondary N) is 2. The Morgan fingerprint density at radius 1 is 1.09 bits per heavy atom. The third kappa shape index (κ3) is 5.18. The molecule has 2 aliphatic rings. The van der Waals surface area contributed by atoms with E-state index in [4.69, 9.17) is 58.6 Å². The summed E-state index contributed by atoms with van der Waals surface area (Å²) in [6.07, 6.45) is -0.0785. The van der Waals surface area contributed by atoms with Gasteiger partial charge >= 0.3 is 0 Å². The number of nitrogens with zero attached hydrogens (tertiary/aromatic N) is 2. The van der Waals surface area contributed by atoms with Crippen LogP contribution in [0.4, 0.5) is 0 Å². The lowest BCUT2D eigenvalue weighted by Gasteiger charge is -2.44. The van der Waals surface area contributed by atoms with E-state index in [0.29, 0.717) is 35.3 Å². The fourth-order valence-corrected chi connectivity index (χ4v) is 5.11. The highest BCUT2D eigenvalue weighted by Crippen LogP contribution is 2.35. The first-order valence-electron chi connectivity index (χ1n) is 10.00. The Bertz CT molecular complexity index is 1100. The van der Waals surface area contributed by atoms with E-state index in [1.54, 1.807) is 30.3 Å². The van der Waals surface area contributed by atoms with Crippen LogP contribution in [0.2, 0.25) is 5.02 Å². The molecule has 0 unspecified atom stereocenters. The van der Waals surface area contributed by atoms with E-state index >= 15 is 0 Å². The number of benzene rings is 1. The summed E-state index contributed by atoms with van der Waals surface area (Å²) >= 11 is 30.0. The minimum atomic E-state index is -1.86. The molecule has 0 saturated carbocycles. The van der Waals surface area contributed by atoms with Crippen LogP contribution in [0, 0.1) is 5.92 Å². The minimum absolute atomic E-state index is 0.0198. The topological polar surface area (TPSA) is 66.4 Å². The quantitative estimate of drug-likeness (QED) is 0.355. The van der Waals surface area contributed by atoms with Crippen LogP contribution in [0.15, 0.2) is 47.3 Å². The van der Waals surface area contributed by atoms with E-state index in [1.165, 1.54) is 6.07 Å². The average molecular weight is 534 g/mol. The number of amides is 1. The van der Waals surface area contributed by atoms with E-state index in [2.05, 4.69) is 10.6 Å². The van der Waals surface area contributed by atoms with Crippen LogP contribution in [0.25, 0.3) is 0 Å². The number of piperidine rings is 1. The second kappa shape index (κ2) is 9.39. The molecule has 0 spiro atoms. The molecule has 1 fully saturated rings. The maximum absolute atomic E-state index is 12.7. The summed E-state index contributed by atoms with van der Waals surface area (Å²) in [7, 11) is 0. The molecule has 3 heterocycles. The van der Waals surface area contributed by atoms with Gasteiger partial charge in [-0.3, -0.25) is 9.59 Å². The highest BCUT2D eigenvalue weighted by atomic mass is 35.6. The number of hydrogen-bond acceptors (Lipinski definition) is 3. The number of alkyl halides is 3. The van der Waals surface area contributed by atoms with Crippen LogP contribution in [-0.4, -0.2) is 43.5 Å². The van der Waals surface area contributed by atoms with Crippen molar-refractivity contribution < 1.29 is 4.79 Å². The first-order chi connectivity index (χ1) is 15.1. The van der Waals surface area contributed by atoms with Crippen LogP contribution in [0.5, 0.6) is 0 Å². The summed E-state index contributed by atoms with van der Waals surface area (Å²) in [5.74, 6) is -0.0141. The molecule has 2 aromatic rings.